The largest absolute Gasteiger partial charge is 0.359 e. The molecular weight excluding hydrogens is 522 g/mol. The predicted molar refractivity (Wildman–Crippen MR) is 169 cm³/mol. The fourth-order valence-electron chi connectivity index (χ4n) is 6.09. The maximum atomic E-state index is 12.9. The number of carbonyl (C=O) groups is 1. The number of hydrogen-bond acceptors (Lipinski definition) is 6. The van der Waals surface area contributed by atoms with Gasteiger partial charge in [0.05, 0.1) is 30.0 Å². The van der Waals surface area contributed by atoms with Crippen LogP contribution >= 0.6 is 0 Å². The lowest BCUT2D eigenvalue weighted by molar-refractivity contribution is -0.115. The van der Waals surface area contributed by atoms with Crippen molar-refractivity contribution in [3.05, 3.63) is 101 Å². The van der Waals surface area contributed by atoms with E-state index >= 15 is 0 Å². The number of hydrogen-bond donors (Lipinski definition) is 3. The van der Waals surface area contributed by atoms with Gasteiger partial charge in [0.25, 0.3) is 0 Å². The molecule has 0 bridgehead atoms. The molecule has 1 aromatic carbocycles. The van der Waals surface area contributed by atoms with Crippen molar-refractivity contribution in [3.8, 4) is 11.3 Å². The molecule has 8 heteroatoms. The van der Waals surface area contributed by atoms with Crippen LogP contribution in [0.1, 0.15) is 48.0 Å². The average molecular weight is 560 g/mol. The highest BCUT2D eigenvalue weighted by molar-refractivity contribution is 5.91. The molecule has 5 aromatic rings. The molecule has 42 heavy (non-hydrogen) atoms. The van der Waals surface area contributed by atoms with Gasteiger partial charge in [0.1, 0.15) is 5.82 Å². The van der Waals surface area contributed by atoms with Gasteiger partial charge >= 0.3 is 0 Å². The molecule has 0 radical (unpaired) electrons. The molecule has 8 nitrogen and oxygen atoms in total. The Hall–Kier alpha value is -4.56. The van der Waals surface area contributed by atoms with Crippen LogP contribution in [0.4, 0.5) is 11.5 Å². The van der Waals surface area contributed by atoms with Crippen molar-refractivity contribution in [2.75, 3.05) is 23.3 Å². The highest BCUT2D eigenvalue weighted by Crippen LogP contribution is 2.34. The first-order valence-corrected chi connectivity index (χ1v) is 14.6. The van der Waals surface area contributed by atoms with Gasteiger partial charge in [0.2, 0.25) is 5.91 Å². The minimum atomic E-state index is -0.123. The van der Waals surface area contributed by atoms with Crippen molar-refractivity contribution in [1.29, 1.82) is 0 Å². The Morgan fingerprint density at radius 3 is 2.69 bits per heavy atom. The van der Waals surface area contributed by atoms with Crippen molar-refractivity contribution < 1.29 is 4.79 Å². The second kappa shape index (κ2) is 11.7. The zero-order valence-corrected chi connectivity index (χ0v) is 24.6. The van der Waals surface area contributed by atoms with Gasteiger partial charge in [-0.15, -0.1) is 0 Å². The smallest absolute Gasteiger partial charge is 0.230 e. The highest BCUT2D eigenvalue weighted by Gasteiger charge is 2.31. The first-order chi connectivity index (χ1) is 20.4. The van der Waals surface area contributed by atoms with E-state index in [-0.39, 0.29) is 24.4 Å². The minimum Gasteiger partial charge on any atom is -0.359 e. The van der Waals surface area contributed by atoms with Crippen LogP contribution in [0.25, 0.3) is 22.2 Å². The Kier molecular flexibility index (Phi) is 7.71. The third-order valence-corrected chi connectivity index (χ3v) is 8.12. The van der Waals surface area contributed by atoms with Crippen LogP contribution in [-0.4, -0.2) is 45.0 Å². The molecule has 1 aliphatic rings. The fraction of sp³-hybridized carbons (Fsp3) is 0.294. The lowest BCUT2D eigenvalue weighted by atomic mass is 10.00. The van der Waals surface area contributed by atoms with Crippen LogP contribution in [0.5, 0.6) is 0 Å². The van der Waals surface area contributed by atoms with Crippen LogP contribution in [0, 0.1) is 13.8 Å². The van der Waals surface area contributed by atoms with Gasteiger partial charge in [-0.3, -0.25) is 14.8 Å². The van der Waals surface area contributed by atoms with Gasteiger partial charge in [-0.2, -0.15) is 0 Å². The summed E-state index contributed by atoms with van der Waals surface area (Å²) in [4.78, 5) is 32.5. The topological polar surface area (TPSA) is 98.8 Å². The molecule has 5 heterocycles. The summed E-state index contributed by atoms with van der Waals surface area (Å²) in [6, 6.07) is 19.1. The lowest BCUT2D eigenvalue weighted by Gasteiger charge is -2.41. The van der Waals surface area contributed by atoms with Crippen molar-refractivity contribution in [3.63, 3.8) is 0 Å². The lowest BCUT2D eigenvalue weighted by Crippen LogP contribution is -2.51. The van der Waals surface area contributed by atoms with E-state index < -0.39 is 0 Å². The molecule has 0 spiro atoms. The summed E-state index contributed by atoms with van der Waals surface area (Å²) < 4.78 is 0. The third kappa shape index (κ3) is 5.63. The first kappa shape index (κ1) is 27.6. The molecule has 1 amide bonds. The van der Waals surface area contributed by atoms with Crippen molar-refractivity contribution in [2.24, 2.45) is 0 Å². The first-order valence-electron chi connectivity index (χ1n) is 14.6. The van der Waals surface area contributed by atoms with E-state index in [9.17, 15) is 4.79 Å². The summed E-state index contributed by atoms with van der Waals surface area (Å²) in [5, 5.41) is 7.88. The molecule has 0 saturated carbocycles. The molecule has 1 fully saturated rings. The minimum absolute atomic E-state index is 0.123. The average Bonchev–Trinajstić information content (AvgIpc) is 3.41. The number of aromatic nitrogens is 4. The van der Waals surface area contributed by atoms with Gasteiger partial charge in [-0.05, 0) is 80.3 Å². The maximum absolute atomic E-state index is 12.9. The van der Waals surface area contributed by atoms with Crippen molar-refractivity contribution in [2.45, 2.75) is 52.6 Å². The molecule has 1 aliphatic heterocycles. The third-order valence-electron chi connectivity index (χ3n) is 8.12. The molecule has 214 valence electrons. The number of nitrogens with one attached hydrogen (secondary N) is 3. The Bertz CT molecular complexity index is 1730. The molecule has 4 aromatic heterocycles. The zero-order chi connectivity index (χ0) is 29.2. The Labute approximate surface area is 246 Å². The van der Waals surface area contributed by atoms with Crippen LogP contribution in [0.15, 0.2) is 73.2 Å². The summed E-state index contributed by atoms with van der Waals surface area (Å²) in [5.41, 5.74) is 9.50. The number of carbonyl (C=O) groups excluding carboxylic acids is 1. The number of rotatable bonds is 7. The second-order valence-electron chi connectivity index (χ2n) is 11.2. The zero-order valence-electron chi connectivity index (χ0n) is 24.6. The van der Waals surface area contributed by atoms with E-state index in [0.717, 1.165) is 53.3 Å². The Morgan fingerprint density at radius 1 is 1.05 bits per heavy atom. The molecule has 3 N–H and O–H groups in total. The summed E-state index contributed by atoms with van der Waals surface area (Å²) in [5.74, 6) is 0.415. The number of pyridine rings is 3. The van der Waals surface area contributed by atoms with E-state index in [1.165, 1.54) is 22.2 Å². The molecular formula is C34H37N7O. The van der Waals surface area contributed by atoms with E-state index in [4.69, 9.17) is 0 Å². The number of nitrogens with zero attached hydrogens (tertiary/aromatic N) is 4. The number of fused-ring (bicyclic) bond motifs is 1. The van der Waals surface area contributed by atoms with Crippen LogP contribution in [0.2, 0.25) is 0 Å². The van der Waals surface area contributed by atoms with Gasteiger partial charge in [0.15, 0.2) is 0 Å². The van der Waals surface area contributed by atoms with E-state index in [1.807, 2.05) is 50.4 Å². The van der Waals surface area contributed by atoms with Crippen LogP contribution < -0.4 is 15.5 Å². The normalized spacial score (nSPS) is 17.0. The predicted octanol–water partition coefficient (Wildman–Crippen LogP) is 5.92. The summed E-state index contributed by atoms with van der Waals surface area (Å²) in [6.45, 7) is 10.2. The summed E-state index contributed by atoms with van der Waals surface area (Å²) in [7, 11) is 0. The number of amides is 1. The Morgan fingerprint density at radius 2 is 1.93 bits per heavy atom. The van der Waals surface area contributed by atoms with Crippen LogP contribution in [0.3, 0.4) is 0 Å². The number of H-pyrrole nitrogens is 1. The second-order valence-corrected chi connectivity index (χ2v) is 11.2. The molecule has 6 rings (SSSR count). The van der Waals surface area contributed by atoms with Gasteiger partial charge < -0.3 is 20.5 Å². The molecule has 1 unspecified atom stereocenters. The summed E-state index contributed by atoms with van der Waals surface area (Å²) >= 11 is 0. The monoisotopic (exact) mass is 559 g/mol. The van der Waals surface area contributed by atoms with E-state index in [2.05, 4.69) is 73.6 Å². The number of aryl methyl sites for hydroxylation is 3. The van der Waals surface area contributed by atoms with E-state index in [0.29, 0.717) is 5.82 Å². The standard InChI is InChI=1S/C34H37N7O/c1-5-25-7-6-8-29-28(25)18-30(39-29)34-23(4)36-13-14-41(34)27-9-10-31(37-20-27)40-32(42)17-24-15-21(2)33(38-19-24)26-11-12-35-22(3)16-26/h6-12,15-16,18-20,23,34,36,39H,5,13-14,17H2,1-4H3,(H,37,40,42)/t23?,34-/m1/s1. The molecule has 0 aliphatic carbocycles. The van der Waals surface area contributed by atoms with Gasteiger partial charge in [-0.25, -0.2) is 4.98 Å². The van der Waals surface area contributed by atoms with Crippen molar-refractivity contribution >= 4 is 28.3 Å². The Balaban J connectivity index is 1.15. The quantitative estimate of drug-likeness (QED) is 0.229. The summed E-state index contributed by atoms with van der Waals surface area (Å²) in [6.07, 6.45) is 6.65. The highest BCUT2D eigenvalue weighted by atomic mass is 16.1. The van der Waals surface area contributed by atoms with E-state index in [1.54, 1.807) is 12.4 Å². The molecule has 1 saturated heterocycles. The fourth-order valence-corrected chi connectivity index (χ4v) is 6.09. The number of benzene rings is 1. The SMILES string of the molecule is CCc1cccc2[nH]c([C@H]3C(C)NCCN3c3ccc(NC(=O)Cc4cnc(-c5ccnc(C)c5)c(C)c4)nc3)cc12. The molecule has 2 atom stereocenters. The van der Waals surface area contributed by atoms with Gasteiger partial charge in [0, 0.05) is 59.4 Å². The maximum Gasteiger partial charge on any atom is 0.230 e. The van der Waals surface area contributed by atoms with Crippen LogP contribution in [-0.2, 0) is 17.6 Å². The number of aromatic amines is 1. The number of anilines is 2. The van der Waals surface area contributed by atoms with Crippen molar-refractivity contribution in [1.82, 2.24) is 25.3 Å². The number of piperazine rings is 1. The van der Waals surface area contributed by atoms with Gasteiger partial charge in [-0.1, -0.05) is 25.1 Å².